The minimum Gasteiger partial charge on any atom is -0.326 e. The number of rotatable bonds is 5. The average molecular weight is 388 g/mol. The van der Waals surface area contributed by atoms with Crippen molar-refractivity contribution in [1.29, 1.82) is 0 Å². The molecule has 0 radical (unpaired) electrons. The van der Waals surface area contributed by atoms with Crippen LogP contribution in [0.3, 0.4) is 0 Å². The van der Waals surface area contributed by atoms with Crippen LogP contribution in [0.2, 0.25) is 0 Å². The molecule has 1 aliphatic rings. The van der Waals surface area contributed by atoms with Gasteiger partial charge >= 0.3 is 0 Å². The molecule has 27 heavy (non-hydrogen) atoms. The molecule has 0 bridgehead atoms. The maximum absolute atomic E-state index is 13.1. The van der Waals surface area contributed by atoms with E-state index in [4.69, 9.17) is 0 Å². The SMILES string of the molecule is CC(=O)Nc1ccc(C)c(S(=O)(=O)N2CCN(Cc3ccncc3)CC2)c1. The van der Waals surface area contributed by atoms with E-state index in [9.17, 15) is 13.2 Å². The molecule has 8 heteroatoms. The van der Waals surface area contributed by atoms with E-state index in [1.54, 1.807) is 31.5 Å². The second kappa shape index (κ2) is 8.16. The number of aryl methyl sites for hydroxylation is 1. The van der Waals surface area contributed by atoms with Crippen LogP contribution in [0.1, 0.15) is 18.1 Å². The molecule has 2 heterocycles. The van der Waals surface area contributed by atoms with Gasteiger partial charge in [-0.05, 0) is 42.3 Å². The standard InChI is InChI=1S/C19H24N4O3S/c1-15-3-4-18(21-16(2)24)13-19(15)27(25,26)23-11-9-22(10-12-23)14-17-5-7-20-8-6-17/h3-8,13H,9-12,14H2,1-2H3,(H,21,24). The Morgan fingerprint density at radius 1 is 1.11 bits per heavy atom. The fourth-order valence-corrected chi connectivity index (χ4v) is 4.85. The van der Waals surface area contributed by atoms with Gasteiger partial charge in [-0.3, -0.25) is 14.7 Å². The molecule has 1 aliphatic heterocycles. The van der Waals surface area contributed by atoms with Crippen molar-refractivity contribution in [2.24, 2.45) is 0 Å². The molecule has 1 aromatic heterocycles. The Balaban J connectivity index is 1.70. The predicted molar refractivity (Wildman–Crippen MR) is 104 cm³/mol. The lowest BCUT2D eigenvalue weighted by Crippen LogP contribution is -2.48. The molecule has 2 aromatic rings. The van der Waals surface area contributed by atoms with Crippen molar-refractivity contribution in [3.63, 3.8) is 0 Å². The van der Waals surface area contributed by atoms with Gasteiger partial charge in [-0.25, -0.2) is 8.42 Å². The zero-order valence-electron chi connectivity index (χ0n) is 15.6. The number of anilines is 1. The molecule has 144 valence electrons. The van der Waals surface area contributed by atoms with Crippen LogP contribution in [0.4, 0.5) is 5.69 Å². The van der Waals surface area contributed by atoms with Crippen molar-refractivity contribution in [2.45, 2.75) is 25.3 Å². The van der Waals surface area contributed by atoms with Gasteiger partial charge in [0.1, 0.15) is 0 Å². The Kier molecular flexibility index (Phi) is 5.88. The molecule has 0 saturated carbocycles. The summed E-state index contributed by atoms with van der Waals surface area (Å²) in [5.41, 5.74) is 2.33. The Bertz CT molecular complexity index is 908. The van der Waals surface area contributed by atoms with Gasteiger partial charge in [0.15, 0.2) is 0 Å². The molecule has 1 saturated heterocycles. The summed E-state index contributed by atoms with van der Waals surface area (Å²) in [6.45, 7) is 6.18. The fourth-order valence-electron chi connectivity index (χ4n) is 3.17. The number of carbonyl (C=O) groups excluding carboxylic acids is 1. The molecule has 1 N–H and O–H groups in total. The summed E-state index contributed by atoms with van der Waals surface area (Å²) in [7, 11) is -3.60. The number of sulfonamides is 1. The van der Waals surface area contributed by atoms with Crippen LogP contribution in [-0.4, -0.2) is 54.7 Å². The number of hydrogen-bond donors (Lipinski definition) is 1. The van der Waals surface area contributed by atoms with Crippen molar-refractivity contribution in [3.8, 4) is 0 Å². The first-order valence-corrected chi connectivity index (χ1v) is 10.3. The molecule has 7 nitrogen and oxygen atoms in total. The Labute approximate surface area is 160 Å². The van der Waals surface area contributed by atoms with Crippen molar-refractivity contribution in [1.82, 2.24) is 14.2 Å². The minimum absolute atomic E-state index is 0.230. The van der Waals surface area contributed by atoms with Gasteiger partial charge in [0, 0.05) is 57.7 Å². The summed E-state index contributed by atoms with van der Waals surface area (Å²) in [5, 5.41) is 2.65. The number of piperazine rings is 1. The Hall–Kier alpha value is -2.29. The molecular formula is C19H24N4O3S. The van der Waals surface area contributed by atoms with Gasteiger partial charge in [0.25, 0.3) is 0 Å². The van der Waals surface area contributed by atoms with Gasteiger partial charge in [-0.15, -0.1) is 0 Å². The van der Waals surface area contributed by atoms with Crippen molar-refractivity contribution >= 4 is 21.6 Å². The van der Waals surface area contributed by atoms with E-state index in [-0.39, 0.29) is 10.8 Å². The van der Waals surface area contributed by atoms with E-state index in [2.05, 4.69) is 15.2 Å². The first-order valence-electron chi connectivity index (χ1n) is 8.86. The number of hydrogen-bond acceptors (Lipinski definition) is 5. The number of amides is 1. The van der Waals surface area contributed by atoms with Crippen molar-refractivity contribution in [3.05, 3.63) is 53.9 Å². The van der Waals surface area contributed by atoms with Crippen LogP contribution < -0.4 is 5.32 Å². The molecule has 0 spiro atoms. The molecule has 0 atom stereocenters. The highest BCUT2D eigenvalue weighted by molar-refractivity contribution is 7.89. The normalized spacial score (nSPS) is 16.2. The van der Waals surface area contributed by atoms with Gasteiger partial charge in [-0.1, -0.05) is 6.07 Å². The second-order valence-electron chi connectivity index (χ2n) is 6.70. The first-order chi connectivity index (χ1) is 12.9. The van der Waals surface area contributed by atoms with Crippen LogP contribution in [0, 0.1) is 6.92 Å². The van der Waals surface area contributed by atoms with E-state index in [1.807, 2.05) is 12.1 Å². The predicted octanol–water partition coefficient (Wildman–Crippen LogP) is 1.85. The van der Waals surface area contributed by atoms with E-state index in [0.717, 1.165) is 6.54 Å². The lowest BCUT2D eigenvalue weighted by molar-refractivity contribution is -0.114. The Morgan fingerprint density at radius 3 is 2.41 bits per heavy atom. The molecule has 0 aliphatic carbocycles. The zero-order valence-corrected chi connectivity index (χ0v) is 16.4. The smallest absolute Gasteiger partial charge is 0.243 e. The minimum atomic E-state index is -3.60. The molecule has 1 amide bonds. The highest BCUT2D eigenvalue weighted by Crippen LogP contribution is 2.25. The zero-order chi connectivity index (χ0) is 19.4. The average Bonchev–Trinajstić information content (AvgIpc) is 2.64. The third kappa shape index (κ3) is 4.71. The molecule has 1 fully saturated rings. The van der Waals surface area contributed by atoms with E-state index >= 15 is 0 Å². The van der Waals surface area contributed by atoms with Crippen LogP contribution in [-0.2, 0) is 21.4 Å². The topological polar surface area (TPSA) is 82.6 Å². The highest BCUT2D eigenvalue weighted by Gasteiger charge is 2.29. The van der Waals surface area contributed by atoms with Crippen LogP contribution in [0.25, 0.3) is 0 Å². The molecule has 1 aromatic carbocycles. The molecule has 0 unspecified atom stereocenters. The monoisotopic (exact) mass is 388 g/mol. The summed E-state index contributed by atoms with van der Waals surface area (Å²) in [6.07, 6.45) is 3.53. The van der Waals surface area contributed by atoms with Crippen LogP contribution in [0.15, 0.2) is 47.6 Å². The lowest BCUT2D eigenvalue weighted by Gasteiger charge is -2.34. The quantitative estimate of drug-likeness (QED) is 0.845. The van der Waals surface area contributed by atoms with Crippen molar-refractivity contribution < 1.29 is 13.2 Å². The van der Waals surface area contributed by atoms with Crippen LogP contribution in [0.5, 0.6) is 0 Å². The molecular weight excluding hydrogens is 364 g/mol. The van der Waals surface area contributed by atoms with Crippen molar-refractivity contribution in [2.75, 3.05) is 31.5 Å². The summed E-state index contributed by atoms with van der Waals surface area (Å²) in [4.78, 5) is 17.8. The summed E-state index contributed by atoms with van der Waals surface area (Å²) in [5.74, 6) is -0.230. The maximum atomic E-state index is 13.1. The first kappa shape index (κ1) is 19.5. The lowest BCUT2D eigenvalue weighted by atomic mass is 10.2. The fraction of sp³-hybridized carbons (Fsp3) is 0.368. The van der Waals surface area contributed by atoms with Crippen LogP contribution >= 0.6 is 0 Å². The summed E-state index contributed by atoms with van der Waals surface area (Å²) >= 11 is 0. The Morgan fingerprint density at radius 2 is 1.78 bits per heavy atom. The number of benzene rings is 1. The van der Waals surface area contributed by atoms with Gasteiger partial charge in [0.2, 0.25) is 15.9 Å². The number of nitrogens with one attached hydrogen (secondary N) is 1. The summed E-state index contributed by atoms with van der Waals surface area (Å²) in [6, 6.07) is 8.91. The second-order valence-corrected chi connectivity index (χ2v) is 8.60. The van der Waals surface area contributed by atoms with Gasteiger partial charge in [0.05, 0.1) is 4.90 Å². The van der Waals surface area contributed by atoms with E-state index in [1.165, 1.54) is 22.9 Å². The third-order valence-electron chi connectivity index (χ3n) is 4.61. The largest absolute Gasteiger partial charge is 0.326 e. The summed E-state index contributed by atoms with van der Waals surface area (Å²) < 4.78 is 27.7. The molecule has 3 rings (SSSR count). The van der Waals surface area contributed by atoms with E-state index < -0.39 is 10.0 Å². The van der Waals surface area contributed by atoms with Gasteiger partial charge in [-0.2, -0.15) is 4.31 Å². The van der Waals surface area contributed by atoms with E-state index in [0.29, 0.717) is 37.4 Å². The highest BCUT2D eigenvalue weighted by atomic mass is 32.2. The maximum Gasteiger partial charge on any atom is 0.243 e. The third-order valence-corrected chi connectivity index (χ3v) is 6.65. The number of aromatic nitrogens is 1. The number of pyridine rings is 1. The number of carbonyl (C=O) groups is 1. The number of nitrogens with zero attached hydrogens (tertiary/aromatic N) is 3. The van der Waals surface area contributed by atoms with Gasteiger partial charge < -0.3 is 5.32 Å².